The van der Waals surface area contributed by atoms with E-state index in [-0.39, 0.29) is 24.5 Å². The van der Waals surface area contributed by atoms with Crippen LogP contribution in [0.15, 0.2) is 35.0 Å². The lowest BCUT2D eigenvalue weighted by Crippen LogP contribution is -2.25. The summed E-state index contributed by atoms with van der Waals surface area (Å²) in [6.07, 6.45) is 2.13. The van der Waals surface area contributed by atoms with Gasteiger partial charge in [-0.05, 0) is 24.1 Å². The molecule has 140 valence electrons. The van der Waals surface area contributed by atoms with E-state index in [2.05, 4.69) is 25.8 Å². The molecular weight excluding hydrogens is 372 g/mol. The molecule has 2 aromatic heterocycles. The molecule has 0 saturated carbocycles. The first-order chi connectivity index (χ1) is 13.1. The van der Waals surface area contributed by atoms with Crippen molar-refractivity contribution in [1.82, 2.24) is 30.5 Å². The molecule has 9 nitrogen and oxygen atoms in total. The number of hydrogen-bond donors (Lipinski definition) is 1. The molecule has 0 unspecified atom stereocenters. The molecule has 0 radical (unpaired) electrons. The zero-order valence-electron chi connectivity index (χ0n) is 14.5. The Morgan fingerprint density at radius 1 is 1.37 bits per heavy atom. The lowest BCUT2D eigenvalue weighted by Gasteiger charge is -2.09. The van der Waals surface area contributed by atoms with Gasteiger partial charge in [-0.25, -0.2) is 4.68 Å². The molecule has 1 aromatic carbocycles. The van der Waals surface area contributed by atoms with Gasteiger partial charge in [0.1, 0.15) is 5.69 Å². The second-order valence-electron chi connectivity index (χ2n) is 6.28. The average molecular weight is 389 g/mol. The second-order valence-corrected chi connectivity index (χ2v) is 6.71. The van der Waals surface area contributed by atoms with E-state index in [0.717, 1.165) is 12.0 Å². The minimum atomic E-state index is -0.311. The van der Waals surface area contributed by atoms with Gasteiger partial charge in [0, 0.05) is 18.0 Å². The Morgan fingerprint density at radius 3 is 2.93 bits per heavy atom. The van der Waals surface area contributed by atoms with Crippen molar-refractivity contribution < 1.29 is 14.1 Å². The Morgan fingerprint density at radius 2 is 2.19 bits per heavy atom. The van der Waals surface area contributed by atoms with E-state index in [4.69, 9.17) is 20.9 Å². The third-order valence-corrected chi connectivity index (χ3v) is 4.69. The highest BCUT2D eigenvalue weighted by atomic mass is 35.5. The summed E-state index contributed by atoms with van der Waals surface area (Å²) in [5, 5.41) is 14.8. The minimum absolute atomic E-state index is 0.0220. The van der Waals surface area contributed by atoms with Crippen LogP contribution in [0.4, 0.5) is 0 Å². The van der Waals surface area contributed by atoms with Crippen LogP contribution in [0, 0.1) is 0 Å². The van der Waals surface area contributed by atoms with Crippen molar-refractivity contribution >= 4 is 17.5 Å². The van der Waals surface area contributed by atoms with Crippen LogP contribution < -0.4 is 5.32 Å². The van der Waals surface area contributed by atoms with Crippen molar-refractivity contribution in [3.8, 4) is 0 Å². The first kappa shape index (κ1) is 17.6. The molecule has 4 rings (SSSR count). The zero-order valence-corrected chi connectivity index (χ0v) is 15.3. The van der Waals surface area contributed by atoms with Gasteiger partial charge in [-0.15, -0.1) is 5.10 Å². The van der Waals surface area contributed by atoms with Crippen LogP contribution in [-0.2, 0) is 18.3 Å². The number of carbonyl (C=O) groups excluding carboxylic acids is 1. The van der Waals surface area contributed by atoms with E-state index in [9.17, 15) is 4.79 Å². The molecule has 0 spiro atoms. The predicted molar refractivity (Wildman–Crippen MR) is 94.0 cm³/mol. The lowest BCUT2D eigenvalue weighted by molar-refractivity contribution is 0.0937. The molecule has 1 amide bonds. The number of ether oxygens (including phenoxy) is 1. The maximum Gasteiger partial charge on any atom is 0.271 e. The molecule has 1 fully saturated rings. The predicted octanol–water partition coefficient (Wildman–Crippen LogP) is 2.03. The standard InChI is InChI=1S/C17H17ClN6O3/c1-24-13(7-20-23-24)17(25)19-8-15-21-16(22-27-15)11-6-14(26-9-11)10-2-4-12(18)5-3-10/h2-5,7,11,14H,6,8-9H2,1H3,(H,19,25)/t11-,14+/m0/s1. The number of nitrogens with zero attached hydrogens (tertiary/aromatic N) is 5. The van der Waals surface area contributed by atoms with Crippen LogP contribution in [0.25, 0.3) is 0 Å². The summed E-state index contributed by atoms with van der Waals surface area (Å²) in [5.41, 5.74) is 1.42. The normalized spacial score (nSPS) is 19.3. The van der Waals surface area contributed by atoms with Gasteiger partial charge in [0.2, 0.25) is 5.89 Å². The Balaban J connectivity index is 1.35. The van der Waals surface area contributed by atoms with Gasteiger partial charge in [-0.1, -0.05) is 34.1 Å². The first-order valence-electron chi connectivity index (χ1n) is 8.42. The fourth-order valence-corrected chi connectivity index (χ4v) is 3.09. The quantitative estimate of drug-likeness (QED) is 0.712. The zero-order chi connectivity index (χ0) is 18.8. The minimum Gasteiger partial charge on any atom is -0.373 e. The maximum absolute atomic E-state index is 12.1. The topological polar surface area (TPSA) is 108 Å². The number of nitrogens with one attached hydrogen (secondary N) is 1. The third kappa shape index (κ3) is 3.83. The number of halogens is 1. The van der Waals surface area contributed by atoms with Gasteiger partial charge < -0.3 is 14.6 Å². The van der Waals surface area contributed by atoms with Gasteiger partial charge in [0.05, 0.1) is 25.5 Å². The van der Waals surface area contributed by atoms with E-state index in [1.807, 2.05) is 24.3 Å². The molecule has 10 heteroatoms. The van der Waals surface area contributed by atoms with Crippen molar-refractivity contribution in [3.63, 3.8) is 0 Å². The average Bonchev–Trinajstić information content (AvgIpc) is 3.40. The molecule has 27 heavy (non-hydrogen) atoms. The molecule has 0 bridgehead atoms. The van der Waals surface area contributed by atoms with E-state index in [0.29, 0.717) is 29.0 Å². The van der Waals surface area contributed by atoms with E-state index >= 15 is 0 Å². The highest BCUT2D eigenvalue weighted by molar-refractivity contribution is 6.30. The number of carbonyl (C=O) groups is 1. The van der Waals surface area contributed by atoms with Crippen LogP contribution in [0.5, 0.6) is 0 Å². The molecule has 1 aliphatic heterocycles. The lowest BCUT2D eigenvalue weighted by atomic mass is 10.0. The Labute approximate surface area is 159 Å². The second kappa shape index (κ2) is 7.45. The molecule has 1 aliphatic rings. The fraction of sp³-hybridized carbons (Fsp3) is 0.353. The third-order valence-electron chi connectivity index (χ3n) is 4.44. The summed E-state index contributed by atoms with van der Waals surface area (Å²) >= 11 is 5.93. The maximum atomic E-state index is 12.1. The summed E-state index contributed by atoms with van der Waals surface area (Å²) in [7, 11) is 1.64. The van der Waals surface area contributed by atoms with E-state index < -0.39 is 0 Å². The smallest absolute Gasteiger partial charge is 0.271 e. The van der Waals surface area contributed by atoms with Crippen molar-refractivity contribution in [3.05, 3.63) is 58.5 Å². The van der Waals surface area contributed by atoms with Crippen LogP contribution in [0.1, 0.15) is 46.2 Å². The molecule has 1 saturated heterocycles. The summed E-state index contributed by atoms with van der Waals surface area (Å²) in [6.45, 7) is 0.643. The number of benzene rings is 1. The van der Waals surface area contributed by atoms with Gasteiger partial charge in [0.15, 0.2) is 5.82 Å². The summed E-state index contributed by atoms with van der Waals surface area (Å²) in [4.78, 5) is 16.4. The van der Waals surface area contributed by atoms with Crippen molar-refractivity contribution in [1.29, 1.82) is 0 Å². The van der Waals surface area contributed by atoms with Gasteiger partial charge in [-0.3, -0.25) is 4.79 Å². The summed E-state index contributed by atoms with van der Waals surface area (Å²) in [5.74, 6) is 0.649. The van der Waals surface area contributed by atoms with Crippen LogP contribution in [0.2, 0.25) is 5.02 Å². The van der Waals surface area contributed by atoms with Crippen LogP contribution >= 0.6 is 11.6 Å². The first-order valence-corrected chi connectivity index (χ1v) is 8.80. The van der Waals surface area contributed by atoms with Crippen molar-refractivity contribution in [2.75, 3.05) is 6.61 Å². The molecular formula is C17H17ClN6O3. The molecule has 3 heterocycles. The highest BCUT2D eigenvalue weighted by Crippen LogP contribution is 2.37. The number of aromatic nitrogens is 5. The summed E-state index contributed by atoms with van der Waals surface area (Å²) < 4.78 is 12.5. The molecule has 3 aromatic rings. The van der Waals surface area contributed by atoms with E-state index in [1.165, 1.54) is 10.9 Å². The molecule has 1 N–H and O–H groups in total. The number of hydrogen-bond acceptors (Lipinski definition) is 7. The van der Waals surface area contributed by atoms with Crippen molar-refractivity contribution in [2.45, 2.75) is 25.0 Å². The number of amides is 1. The Bertz CT molecular complexity index is 938. The van der Waals surface area contributed by atoms with Crippen LogP contribution in [-0.4, -0.2) is 37.6 Å². The van der Waals surface area contributed by atoms with Gasteiger partial charge in [-0.2, -0.15) is 4.98 Å². The largest absolute Gasteiger partial charge is 0.373 e. The Hall–Kier alpha value is -2.78. The molecule has 2 atom stereocenters. The van der Waals surface area contributed by atoms with Crippen LogP contribution in [0.3, 0.4) is 0 Å². The van der Waals surface area contributed by atoms with E-state index in [1.54, 1.807) is 7.05 Å². The fourth-order valence-electron chi connectivity index (χ4n) is 2.96. The SMILES string of the molecule is Cn1nncc1C(=O)NCc1nc([C@@H]2CO[C@@H](c3ccc(Cl)cc3)C2)no1. The van der Waals surface area contributed by atoms with Gasteiger partial charge in [0.25, 0.3) is 5.91 Å². The Kier molecular flexibility index (Phi) is 4.87. The van der Waals surface area contributed by atoms with Gasteiger partial charge >= 0.3 is 0 Å². The summed E-state index contributed by atoms with van der Waals surface area (Å²) in [6, 6.07) is 7.61. The number of rotatable bonds is 5. The number of aryl methyl sites for hydroxylation is 1. The monoisotopic (exact) mass is 388 g/mol. The molecule has 0 aliphatic carbocycles. The van der Waals surface area contributed by atoms with Crippen molar-refractivity contribution in [2.24, 2.45) is 7.05 Å². The highest BCUT2D eigenvalue weighted by Gasteiger charge is 2.31.